The van der Waals surface area contributed by atoms with Gasteiger partial charge in [-0.2, -0.15) is 0 Å². The highest BCUT2D eigenvalue weighted by atomic mass is 16.7. The van der Waals surface area contributed by atoms with Crippen molar-refractivity contribution in [3.63, 3.8) is 0 Å². The summed E-state index contributed by atoms with van der Waals surface area (Å²) in [7, 11) is 1.54. The van der Waals surface area contributed by atoms with Gasteiger partial charge >= 0.3 is 5.97 Å². The molecule has 0 radical (unpaired) electrons. The summed E-state index contributed by atoms with van der Waals surface area (Å²) < 4.78 is 21.4. The number of amidine groups is 1. The summed E-state index contributed by atoms with van der Waals surface area (Å²) in [4.78, 5) is 17.2. The lowest BCUT2D eigenvalue weighted by Crippen LogP contribution is -2.34. The van der Waals surface area contributed by atoms with Crippen LogP contribution >= 0.6 is 0 Å². The first-order chi connectivity index (χ1) is 12.2. The van der Waals surface area contributed by atoms with E-state index in [2.05, 4.69) is 10.3 Å². The Morgan fingerprint density at radius 3 is 2.84 bits per heavy atom. The number of allylic oxidation sites excluding steroid dienone is 1. The number of carbonyl (C=O) groups is 1. The minimum absolute atomic E-state index is 0.194. The predicted octanol–water partition coefficient (Wildman–Crippen LogP) is 2.68. The van der Waals surface area contributed by atoms with E-state index in [0.717, 1.165) is 17.7 Å². The Bertz CT molecular complexity index is 726. The molecule has 7 nitrogen and oxygen atoms in total. The van der Waals surface area contributed by atoms with Gasteiger partial charge < -0.3 is 24.3 Å². The summed E-state index contributed by atoms with van der Waals surface area (Å²) in [5.41, 5.74) is 2.09. The smallest absolute Gasteiger partial charge is 0.338 e. The Labute approximate surface area is 146 Å². The van der Waals surface area contributed by atoms with Crippen LogP contribution in [0.2, 0.25) is 0 Å². The first-order valence-electron chi connectivity index (χ1n) is 8.36. The molecule has 0 fully saturated rings. The van der Waals surface area contributed by atoms with Crippen LogP contribution in [0.3, 0.4) is 0 Å². The predicted molar refractivity (Wildman–Crippen MR) is 91.5 cm³/mol. The number of rotatable bonds is 5. The van der Waals surface area contributed by atoms with Crippen LogP contribution in [0.1, 0.15) is 38.3 Å². The van der Waals surface area contributed by atoms with E-state index in [-0.39, 0.29) is 12.8 Å². The first-order valence-corrected chi connectivity index (χ1v) is 8.36. The summed E-state index contributed by atoms with van der Waals surface area (Å²) in [6.45, 7) is 4.33. The SMILES string of the molecule is CCCC1=C(C(=O)OCC)C(c2ccc3c(c2)OCO3)N=C(OC)N1. The van der Waals surface area contributed by atoms with Crippen molar-refractivity contribution < 1.29 is 23.7 Å². The molecule has 0 saturated carbocycles. The van der Waals surface area contributed by atoms with Crippen molar-refractivity contribution in [2.75, 3.05) is 20.5 Å². The van der Waals surface area contributed by atoms with Gasteiger partial charge in [-0.15, -0.1) is 0 Å². The summed E-state index contributed by atoms with van der Waals surface area (Å²) in [6.07, 6.45) is 1.56. The fourth-order valence-electron chi connectivity index (χ4n) is 2.89. The normalized spacial score (nSPS) is 18.5. The van der Waals surface area contributed by atoms with Crippen LogP contribution in [0.15, 0.2) is 34.5 Å². The number of fused-ring (bicyclic) bond motifs is 1. The number of ether oxygens (including phenoxy) is 4. The third-order valence-corrected chi connectivity index (χ3v) is 4.00. The number of hydrogen-bond donors (Lipinski definition) is 1. The fraction of sp³-hybridized carbons (Fsp3) is 0.444. The maximum Gasteiger partial charge on any atom is 0.338 e. The molecule has 1 aromatic carbocycles. The van der Waals surface area contributed by atoms with Crippen LogP contribution in [0.25, 0.3) is 0 Å². The Morgan fingerprint density at radius 2 is 2.12 bits per heavy atom. The van der Waals surface area contributed by atoms with Gasteiger partial charge in [0.15, 0.2) is 11.5 Å². The van der Waals surface area contributed by atoms with Crippen LogP contribution in [0, 0.1) is 0 Å². The zero-order valence-electron chi connectivity index (χ0n) is 14.6. The molecule has 0 spiro atoms. The van der Waals surface area contributed by atoms with Gasteiger partial charge in [-0.1, -0.05) is 19.4 Å². The highest BCUT2D eigenvalue weighted by molar-refractivity contribution is 5.94. The quantitative estimate of drug-likeness (QED) is 0.826. The van der Waals surface area contributed by atoms with E-state index in [4.69, 9.17) is 18.9 Å². The Kier molecular flexibility index (Phi) is 5.11. The lowest BCUT2D eigenvalue weighted by Gasteiger charge is -2.26. The molecular formula is C18H22N2O5. The van der Waals surface area contributed by atoms with E-state index in [9.17, 15) is 4.79 Å². The van der Waals surface area contributed by atoms with Crippen LogP contribution in [-0.4, -0.2) is 32.5 Å². The number of benzene rings is 1. The zero-order valence-corrected chi connectivity index (χ0v) is 14.6. The van der Waals surface area contributed by atoms with Gasteiger partial charge in [0.1, 0.15) is 6.04 Å². The number of esters is 1. The van der Waals surface area contributed by atoms with E-state index in [1.165, 1.54) is 0 Å². The van der Waals surface area contributed by atoms with Crippen molar-refractivity contribution in [3.8, 4) is 11.5 Å². The minimum Gasteiger partial charge on any atom is -0.468 e. The maximum atomic E-state index is 12.6. The molecule has 0 amide bonds. The number of aliphatic imine (C=N–C) groups is 1. The lowest BCUT2D eigenvalue weighted by molar-refractivity contribution is -0.139. The van der Waals surface area contributed by atoms with Crippen LogP contribution in [-0.2, 0) is 14.3 Å². The Morgan fingerprint density at radius 1 is 1.32 bits per heavy atom. The van der Waals surface area contributed by atoms with Gasteiger partial charge in [0.25, 0.3) is 6.02 Å². The third kappa shape index (κ3) is 3.40. The van der Waals surface area contributed by atoms with Crippen molar-refractivity contribution in [2.24, 2.45) is 4.99 Å². The lowest BCUT2D eigenvalue weighted by atomic mass is 9.94. The first kappa shape index (κ1) is 17.1. The van der Waals surface area contributed by atoms with E-state index in [0.29, 0.717) is 36.1 Å². The van der Waals surface area contributed by atoms with Crippen molar-refractivity contribution in [1.82, 2.24) is 5.32 Å². The Balaban J connectivity index is 2.05. The molecule has 2 aliphatic heterocycles. The molecule has 7 heteroatoms. The van der Waals surface area contributed by atoms with Crippen molar-refractivity contribution >= 4 is 12.0 Å². The molecule has 1 aromatic rings. The molecule has 1 N–H and O–H groups in total. The molecule has 1 atom stereocenters. The second kappa shape index (κ2) is 7.46. The molecule has 25 heavy (non-hydrogen) atoms. The standard InChI is InChI=1S/C18H22N2O5/c1-4-6-12-15(17(21)23-5-2)16(20-18(19-12)22-3)11-7-8-13-14(9-11)25-10-24-13/h7-9,16H,4-6,10H2,1-3H3,(H,19,20). The number of nitrogens with one attached hydrogen (secondary N) is 1. The zero-order chi connectivity index (χ0) is 17.8. The van der Waals surface area contributed by atoms with Crippen molar-refractivity contribution in [3.05, 3.63) is 35.0 Å². The average molecular weight is 346 g/mol. The van der Waals surface area contributed by atoms with Gasteiger partial charge in [-0.05, 0) is 31.0 Å². The monoisotopic (exact) mass is 346 g/mol. The number of methoxy groups -OCH3 is 1. The highest BCUT2D eigenvalue weighted by Crippen LogP contribution is 2.39. The molecule has 1 unspecified atom stereocenters. The van der Waals surface area contributed by atoms with E-state index >= 15 is 0 Å². The molecule has 2 heterocycles. The van der Waals surface area contributed by atoms with Gasteiger partial charge in [0.05, 0.1) is 19.3 Å². The number of hydrogen-bond acceptors (Lipinski definition) is 7. The van der Waals surface area contributed by atoms with Gasteiger partial charge in [-0.25, -0.2) is 9.79 Å². The maximum absolute atomic E-state index is 12.6. The van der Waals surface area contributed by atoms with Gasteiger partial charge in [0.2, 0.25) is 6.79 Å². The van der Waals surface area contributed by atoms with Crippen LogP contribution < -0.4 is 14.8 Å². The average Bonchev–Trinajstić information content (AvgIpc) is 3.09. The molecule has 0 saturated heterocycles. The summed E-state index contributed by atoms with van der Waals surface area (Å²) in [6, 6.07) is 5.40. The van der Waals surface area contributed by atoms with Crippen molar-refractivity contribution in [2.45, 2.75) is 32.7 Å². The molecule has 0 aromatic heterocycles. The topological polar surface area (TPSA) is 78.4 Å². The number of carbonyl (C=O) groups excluding carboxylic acids is 1. The summed E-state index contributed by atoms with van der Waals surface area (Å²) >= 11 is 0. The molecular weight excluding hydrogens is 324 g/mol. The van der Waals surface area contributed by atoms with Crippen LogP contribution in [0.5, 0.6) is 11.5 Å². The molecule has 2 aliphatic rings. The number of nitrogens with zero attached hydrogens (tertiary/aromatic N) is 1. The largest absolute Gasteiger partial charge is 0.468 e. The van der Waals surface area contributed by atoms with Gasteiger partial charge in [-0.3, -0.25) is 0 Å². The molecule has 3 rings (SSSR count). The highest BCUT2D eigenvalue weighted by Gasteiger charge is 2.32. The van der Waals surface area contributed by atoms with E-state index < -0.39 is 6.04 Å². The van der Waals surface area contributed by atoms with Crippen molar-refractivity contribution in [1.29, 1.82) is 0 Å². The van der Waals surface area contributed by atoms with E-state index in [1.807, 2.05) is 25.1 Å². The fourth-order valence-corrected chi connectivity index (χ4v) is 2.89. The Hall–Kier alpha value is -2.70. The van der Waals surface area contributed by atoms with E-state index in [1.54, 1.807) is 14.0 Å². The summed E-state index contributed by atoms with van der Waals surface area (Å²) in [5.74, 6) is 0.953. The summed E-state index contributed by atoms with van der Waals surface area (Å²) in [5, 5.41) is 3.10. The van der Waals surface area contributed by atoms with Crippen LogP contribution in [0.4, 0.5) is 0 Å². The molecule has 0 bridgehead atoms. The third-order valence-electron chi connectivity index (χ3n) is 4.00. The second-order valence-electron chi connectivity index (χ2n) is 5.64. The second-order valence-corrected chi connectivity index (χ2v) is 5.64. The molecule has 134 valence electrons. The molecule has 0 aliphatic carbocycles. The minimum atomic E-state index is -0.522. The van der Waals surface area contributed by atoms with Gasteiger partial charge in [0, 0.05) is 5.70 Å².